The lowest BCUT2D eigenvalue weighted by atomic mass is 9.80. The summed E-state index contributed by atoms with van der Waals surface area (Å²) in [6, 6.07) is 23.6. The van der Waals surface area contributed by atoms with Crippen LogP contribution in [0.3, 0.4) is 0 Å². The molecular formula is C31H36N2O3. The van der Waals surface area contributed by atoms with Crippen molar-refractivity contribution in [2.24, 2.45) is 0 Å². The first-order chi connectivity index (χ1) is 17.4. The van der Waals surface area contributed by atoms with Gasteiger partial charge in [0.2, 0.25) is 0 Å². The van der Waals surface area contributed by atoms with Gasteiger partial charge in [0.25, 0.3) is 5.91 Å². The van der Waals surface area contributed by atoms with E-state index in [1.807, 2.05) is 12.1 Å². The number of aliphatic carboxylic acids is 1. The van der Waals surface area contributed by atoms with Crippen molar-refractivity contribution in [3.05, 3.63) is 83.4 Å². The Kier molecular flexibility index (Phi) is 7.10. The van der Waals surface area contributed by atoms with Crippen molar-refractivity contribution in [1.82, 2.24) is 10.6 Å². The highest BCUT2D eigenvalue weighted by Gasteiger charge is 2.42. The van der Waals surface area contributed by atoms with Gasteiger partial charge in [0, 0.05) is 17.6 Å². The van der Waals surface area contributed by atoms with Crippen molar-refractivity contribution in [3.63, 3.8) is 0 Å². The summed E-state index contributed by atoms with van der Waals surface area (Å²) in [5, 5.41) is 19.0. The van der Waals surface area contributed by atoms with Crippen LogP contribution in [0.2, 0.25) is 0 Å². The summed E-state index contributed by atoms with van der Waals surface area (Å²) >= 11 is 0. The van der Waals surface area contributed by atoms with Gasteiger partial charge in [-0.05, 0) is 79.0 Å². The Morgan fingerprint density at radius 2 is 1.64 bits per heavy atom. The van der Waals surface area contributed by atoms with E-state index in [0.29, 0.717) is 30.4 Å². The highest BCUT2D eigenvalue weighted by molar-refractivity contribution is 5.98. The molecule has 2 aliphatic carbocycles. The van der Waals surface area contributed by atoms with Crippen LogP contribution in [0, 0.1) is 0 Å². The van der Waals surface area contributed by atoms with Crippen LogP contribution in [0.1, 0.15) is 91.7 Å². The second-order valence-corrected chi connectivity index (χ2v) is 10.7. The molecule has 3 aromatic rings. The Balaban J connectivity index is 1.23. The summed E-state index contributed by atoms with van der Waals surface area (Å²) in [6.45, 7) is 2.26. The van der Waals surface area contributed by atoms with E-state index in [9.17, 15) is 14.7 Å². The van der Waals surface area contributed by atoms with Crippen molar-refractivity contribution >= 4 is 22.6 Å². The van der Waals surface area contributed by atoms with E-state index in [1.54, 1.807) is 0 Å². The van der Waals surface area contributed by atoms with Gasteiger partial charge in [-0.1, -0.05) is 73.9 Å². The number of amides is 1. The first-order valence-electron chi connectivity index (χ1n) is 13.3. The zero-order chi connectivity index (χ0) is 25.1. The van der Waals surface area contributed by atoms with Gasteiger partial charge >= 0.3 is 5.97 Å². The van der Waals surface area contributed by atoms with E-state index >= 15 is 0 Å². The topological polar surface area (TPSA) is 78.4 Å². The predicted molar refractivity (Wildman–Crippen MR) is 143 cm³/mol. The van der Waals surface area contributed by atoms with Crippen LogP contribution in [0.25, 0.3) is 10.8 Å². The van der Waals surface area contributed by atoms with Crippen molar-refractivity contribution in [2.75, 3.05) is 0 Å². The Bertz CT molecular complexity index is 1220. The maximum Gasteiger partial charge on any atom is 0.329 e. The summed E-state index contributed by atoms with van der Waals surface area (Å²) in [6.07, 6.45) is 7.23. The predicted octanol–water partition coefficient (Wildman–Crippen LogP) is 6.34. The maximum atomic E-state index is 12.8. The van der Waals surface area contributed by atoms with Gasteiger partial charge in [0.1, 0.15) is 5.54 Å². The van der Waals surface area contributed by atoms with Crippen LogP contribution in [0.4, 0.5) is 0 Å². The normalized spacial score (nSPS) is 22.2. The lowest BCUT2D eigenvalue weighted by Gasteiger charge is -2.32. The fourth-order valence-electron chi connectivity index (χ4n) is 6.28. The second-order valence-electron chi connectivity index (χ2n) is 10.7. The number of carbonyl (C=O) groups excluding carboxylic acids is 1. The van der Waals surface area contributed by atoms with Gasteiger partial charge in [-0.15, -0.1) is 0 Å². The number of hydrogen-bond acceptors (Lipinski definition) is 3. The Labute approximate surface area is 213 Å². The zero-order valence-electron chi connectivity index (χ0n) is 21.0. The standard InChI is InChI=1S/C31H36N2O3/c1-21(27-13-7-9-23-8-2-3-12-28(23)27)32-26-11-6-10-25(20-26)22-14-16-24(17-15-22)29(34)33-31(30(35)36)18-4-5-19-31/h2-3,7-9,12-17,21,25-26,32H,4-6,10-11,18-20H2,1H3,(H,33,34)(H,35,36)/t21-,25+,26?/m1/s1. The third-order valence-electron chi connectivity index (χ3n) is 8.31. The third kappa shape index (κ3) is 5.03. The molecule has 36 heavy (non-hydrogen) atoms. The van der Waals surface area contributed by atoms with Gasteiger partial charge in [-0.2, -0.15) is 0 Å². The molecule has 0 heterocycles. The molecule has 5 rings (SSSR count). The SMILES string of the molecule is C[C@@H](NC1CCC[C@H](c2ccc(C(=O)NC3(C(=O)O)CCCC3)cc2)C1)c1cccc2ccccc12. The molecule has 3 N–H and O–H groups in total. The number of carbonyl (C=O) groups is 2. The first-order valence-corrected chi connectivity index (χ1v) is 13.3. The first kappa shape index (κ1) is 24.5. The van der Waals surface area contributed by atoms with E-state index in [0.717, 1.165) is 25.7 Å². The van der Waals surface area contributed by atoms with Gasteiger partial charge in [-0.3, -0.25) is 4.79 Å². The number of benzene rings is 3. The summed E-state index contributed by atoms with van der Waals surface area (Å²) in [4.78, 5) is 24.6. The molecule has 188 valence electrons. The average Bonchev–Trinajstić information content (AvgIpc) is 3.38. The van der Waals surface area contributed by atoms with Gasteiger partial charge in [0.15, 0.2) is 0 Å². The Hall–Kier alpha value is -3.18. The summed E-state index contributed by atoms with van der Waals surface area (Å²) in [5.41, 5.74) is 2.01. The molecule has 1 unspecified atom stereocenters. The molecule has 0 bridgehead atoms. The molecule has 5 nitrogen and oxygen atoms in total. The minimum absolute atomic E-state index is 0.267. The lowest BCUT2D eigenvalue weighted by molar-refractivity contribution is -0.144. The molecule has 2 saturated carbocycles. The van der Waals surface area contributed by atoms with Crippen molar-refractivity contribution in [1.29, 1.82) is 0 Å². The fourth-order valence-corrected chi connectivity index (χ4v) is 6.28. The number of carboxylic acids is 1. The van der Waals surface area contributed by atoms with Gasteiger partial charge in [-0.25, -0.2) is 4.79 Å². The number of carboxylic acid groups (broad SMARTS) is 1. The van der Waals surface area contributed by atoms with Crippen molar-refractivity contribution in [3.8, 4) is 0 Å². The molecule has 0 radical (unpaired) electrons. The van der Waals surface area contributed by atoms with Crippen LogP contribution >= 0.6 is 0 Å². The highest BCUT2D eigenvalue weighted by Crippen LogP contribution is 2.35. The largest absolute Gasteiger partial charge is 0.480 e. The fraction of sp³-hybridized carbons (Fsp3) is 0.419. The average molecular weight is 485 g/mol. The molecule has 0 saturated heterocycles. The zero-order valence-corrected chi connectivity index (χ0v) is 21.0. The van der Waals surface area contributed by atoms with Crippen LogP contribution in [-0.4, -0.2) is 28.6 Å². The summed E-state index contributed by atoms with van der Waals surface area (Å²) in [7, 11) is 0. The van der Waals surface area contributed by atoms with E-state index in [1.165, 1.54) is 34.7 Å². The van der Waals surface area contributed by atoms with Crippen LogP contribution < -0.4 is 10.6 Å². The molecule has 2 fully saturated rings. The molecule has 5 heteroatoms. The molecule has 0 aromatic heterocycles. The molecular weight excluding hydrogens is 448 g/mol. The minimum Gasteiger partial charge on any atom is -0.480 e. The van der Waals surface area contributed by atoms with E-state index < -0.39 is 11.5 Å². The number of nitrogens with one attached hydrogen (secondary N) is 2. The third-order valence-corrected chi connectivity index (χ3v) is 8.31. The lowest BCUT2D eigenvalue weighted by Crippen LogP contribution is -2.52. The van der Waals surface area contributed by atoms with Crippen LogP contribution in [-0.2, 0) is 4.79 Å². The molecule has 3 aromatic carbocycles. The molecule has 2 aliphatic rings. The van der Waals surface area contributed by atoms with E-state index in [2.05, 4.69) is 72.2 Å². The maximum absolute atomic E-state index is 12.8. The van der Waals surface area contributed by atoms with Crippen molar-refractivity contribution in [2.45, 2.75) is 81.8 Å². The summed E-state index contributed by atoms with van der Waals surface area (Å²) in [5.74, 6) is -0.769. The molecule has 0 aliphatic heterocycles. The van der Waals surface area contributed by atoms with E-state index in [4.69, 9.17) is 0 Å². The smallest absolute Gasteiger partial charge is 0.329 e. The number of fused-ring (bicyclic) bond motifs is 1. The quantitative estimate of drug-likeness (QED) is 0.365. The Morgan fingerprint density at radius 3 is 2.39 bits per heavy atom. The van der Waals surface area contributed by atoms with Gasteiger partial charge in [0.05, 0.1) is 0 Å². The molecule has 1 amide bonds. The number of hydrogen-bond donors (Lipinski definition) is 3. The molecule has 3 atom stereocenters. The van der Waals surface area contributed by atoms with Crippen molar-refractivity contribution < 1.29 is 14.7 Å². The minimum atomic E-state index is -1.11. The van der Waals surface area contributed by atoms with Crippen LogP contribution in [0.15, 0.2) is 66.7 Å². The number of rotatable bonds is 7. The monoisotopic (exact) mass is 484 g/mol. The van der Waals surface area contributed by atoms with Crippen LogP contribution in [0.5, 0.6) is 0 Å². The van der Waals surface area contributed by atoms with Gasteiger partial charge < -0.3 is 15.7 Å². The highest BCUT2D eigenvalue weighted by atomic mass is 16.4. The summed E-state index contributed by atoms with van der Waals surface area (Å²) < 4.78 is 0. The Morgan fingerprint density at radius 1 is 0.917 bits per heavy atom. The van der Waals surface area contributed by atoms with E-state index in [-0.39, 0.29) is 11.9 Å². The molecule has 0 spiro atoms. The second kappa shape index (κ2) is 10.4.